The van der Waals surface area contributed by atoms with E-state index in [0.29, 0.717) is 0 Å². The van der Waals surface area contributed by atoms with Crippen LogP contribution >= 0.6 is 15.2 Å². The fourth-order valence-corrected chi connectivity index (χ4v) is 2.66. The quantitative estimate of drug-likeness (QED) is 0.323. The van der Waals surface area contributed by atoms with Gasteiger partial charge in [-0.3, -0.25) is 9.13 Å². The van der Waals surface area contributed by atoms with Gasteiger partial charge in [0.2, 0.25) is 0 Å². The van der Waals surface area contributed by atoms with Gasteiger partial charge in [0.25, 0.3) is 0 Å². The van der Waals surface area contributed by atoms with E-state index >= 15 is 0 Å². The highest BCUT2D eigenvalue weighted by Crippen LogP contribution is 2.48. The highest BCUT2D eigenvalue weighted by molar-refractivity contribution is 7.53. The predicted molar refractivity (Wildman–Crippen MR) is 59.0 cm³/mol. The maximum atomic E-state index is 11.0. The molecule has 0 saturated carbocycles. The lowest BCUT2D eigenvalue weighted by atomic mass is 10.3. The van der Waals surface area contributed by atoms with Crippen LogP contribution in [-0.4, -0.2) is 44.1 Å². The zero-order valence-electron chi connectivity index (χ0n) is 8.85. The lowest BCUT2D eigenvalue weighted by Crippen LogP contribution is -2.35. The van der Waals surface area contributed by atoms with Crippen LogP contribution < -0.4 is 11.1 Å². The molecule has 10 heteroatoms. The van der Waals surface area contributed by atoms with Gasteiger partial charge in [-0.25, -0.2) is 0 Å². The summed E-state index contributed by atoms with van der Waals surface area (Å²) in [5, 5.41) is 2.48. The molecule has 0 rings (SSSR count). The minimum Gasteiger partial charge on any atom is -0.329 e. The lowest BCUT2D eigenvalue weighted by Gasteiger charge is -2.23. The standard InChI is InChI=1S/C6H18N2O6P2/c1-5(15(9,10)11)4-6(8-3-2-7)16(12,13)14/h5-6,8H,2-4,7H2,1H3,(H2,9,10,11)(H2,12,13,14). The topological polar surface area (TPSA) is 153 Å². The third-order valence-corrected chi connectivity index (χ3v) is 4.63. The molecule has 0 aliphatic rings. The van der Waals surface area contributed by atoms with Gasteiger partial charge >= 0.3 is 15.2 Å². The first-order chi connectivity index (χ1) is 7.09. The second-order valence-corrected chi connectivity index (χ2v) is 7.38. The smallest absolute Gasteiger partial charge is 0.329 e. The molecule has 0 aromatic rings. The van der Waals surface area contributed by atoms with Gasteiger partial charge in [0.1, 0.15) is 5.78 Å². The molecule has 0 heterocycles. The van der Waals surface area contributed by atoms with Crippen LogP contribution in [0.3, 0.4) is 0 Å². The van der Waals surface area contributed by atoms with Gasteiger partial charge in [-0.05, 0) is 6.42 Å². The molecule has 0 amide bonds. The summed E-state index contributed by atoms with van der Waals surface area (Å²) in [5.74, 6) is -1.28. The zero-order chi connectivity index (χ0) is 13.0. The van der Waals surface area contributed by atoms with Gasteiger partial charge in [-0.15, -0.1) is 0 Å². The van der Waals surface area contributed by atoms with Gasteiger partial charge in [0, 0.05) is 13.1 Å². The Labute approximate surface area is 93.6 Å². The minimum atomic E-state index is -4.44. The van der Waals surface area contributed by atoms with Crippen molar-refractivity contribution in [2.24, 2.45) is 5.73 Å². The Hall–Kier alpha value is 0.220. The monoisotopic (exact) mass is 276 g/mol. The minimum absolute atomic E-state index is 0.170. The second kappa shape index (κ2) is 6.23. The van der Waals surface area contributed by atoms with Gasteiger partial charge in [0.05, 0.1) is 5.66 Å². The highest BCUT2D eigenvalue weighted by atomic mass is 31.2. The molecule has 0 radical (unpaired) electrons. The summed E-state index contributed by atoms with van der Waals surface area (Å²) < 4.78 is 21.9. The first kappa shape index (κ1) is 16.2. The molecule has 0 aliphatic heterocycles. The number of rotatable bonds is 7. The fourth-order valence-electron chi connectivity index (χ4n) is 1.05. The molecule has 2 unspecified atom stereocenters. The number of hydrogen-bond donors (Lipinski definition) is 6. The molecule has 8 nitrogen and oxygen atoms in total. The lowest BCUT2D eigenvalue weighted by molar-refractivity contribution is 0.331. The maximum Gasteiger partial charge on any atom is 0.342 e. The summed E-state index contributed by atoms with van der Waals surface area (Å²) in [6.07, 6.45) is -0.311. The van der Waals surface area contributed by atoms with Crippen LogP contribution in [0.25, 0.3) is 0 Å². The Morgan fingerprint density at radius 2 is 1.69 bits per heavy atom. The van der Waals surface area contributed by atoms with Gasteiger partial charge in [-0.1, -0.05) is 6.92 Å². The Bertz CT molecular complexity index is 299. The predicted octanol–water partition coefficient (Wildman–Crippen LogP) is -1.01. The summed E-state index contributed by atoms with van der Waals surface area (Å²) in [6, 6.07) is 0. The first-order valence-electron chi connectivity index (χ1n) is 4.63. The van der Waals surface area contributed by atoms with E-state index in [1.54, 1.807) is 0 Å². The highest BCUT2D eigenvalue weighted by Gasteiger charge is 2.34. The Morgan fingerprint density at radius 3 is 2.00 bits per heavy atom. The van der Waals surface area contributed by atoms with Crippen LogP contribution in [0.4, 0.5) is 0 Å². The zero-order valence-corrected chi connectivity index (χ0v) is 10.6. The molecule has 16 heavy (non-hydrogen) atoms. The molecule has 0 aromatic carbocycles. The van der Waals surface area contributed by atoms with E-state index in [1.807, 2.05) is 0 Å². The van der Waals surface area contributed by atoms with Crippen molar-refractivity contribution in [3.8, 4) is 0 Å². The van der Waals surface area contributed by atoms with E-state index in [0.717, 1.165) is 0 Å². The van der Waals surface area contributed by atoms with Crippen molar-refractivity contribution in [3.05, 3.63) is 0 Å². The van der Waals surface area contributed by atoms with Crippen LogP contribution in [0.5, 0.6) is 0 Å². The van der Waals surface area contributed by atoms with E-state index in [9.17, 15) is 9.13 Å². The van der Waals surface area contributed by atoms with E-state index in [2.05, 4.69) is 5.32 Å². The average molecular weight is 276 g/mol. The SMILES string of the molecule is CC(CC(NCCN)P(=O)(O)O)P(=O)(O)O. The molecule has 0 saturated heterocycles. The Kier molecular flexibility index (Phi) is 6.32. The molecule has 0 spiro atoms. The van der Waals surface area contributed by atoms with Crippen molar-refractivity contribution in [2.75, 3.05) is 13.1 Å². The van der Waals surface area contributed by atoms with E-state index in [-0.39, 0.29) is 19.5 Å². The van der Waals surface area contributed by atoms with Gasteiger partial charge in [-0.2, -0.15) is 0 Å². The van der Waals surface area contributed by atoms with Crippen molar-refractivity contribution in [1.82, 2.24) is 5.32 Å². The normalized spacial score (nSPS) is 17.1. The summed E-state index contributed by atoms with van der Waals surface area (Å²) in [4.78, 5) is 35.6. The summed E-state index contributed by atoms with van der Waals surface area (Å²) >= 11 is 0. The number of nitrogens with two attached hydrogens (primary N) is 1. The maximum absolute atomic E-state index is 11.0. The van der Waals surface area contributed by atoms with Crippen molar-refractivity contribution in [1.29, 1.82) is 0 Å². The largest absolute Gasteiger partial charge is 0.342 e. The Balaban J connectivity index is 4.56. The van der Waals surface area contributed by atoms with Gasteiger partial charge < -0.3 is 30.6 Å². The van der Waals surface area contributed by atoms with E-state index in [1.165, 1.54) is 6.92 Å². The molecule has 0 aliphatic carbocycles. The third kappa shape index (κ3) is 6.08. The summed E-state index contributed by atoms with van der Waals surface area (Å²) in [5.41, 5.74) is 4.05. The van der Waals surface area contributed by atoms with Crippen LogP contribution in [0.2, 0.25) is 0 Å². The van der Waals surface area contributed by atoms with Crippen LogP contribution in [0.15, 0.2) is 0 Å². The average Bonchev–Trinajstić information content (AvgIpc) is 2.08. The molecule has 7 N–H and O–H groups in total. The second-order valence-electron chi connectivity index (χ2n) is 3.52. The molecule has 0 aromatic heterocycles. The summed E-state index contributed by atoms with van der Waals surface area (Å²) in [7, 11) is -8.77. The van der Waals surface area contributed by atoms with Crippen molar-refractivity contribution in [3.63, 3.8) is 0 Å². The third-order valence-electron chi connectivity index (χ3n) is 2.07. The summed E-state index contributed by atoms with van der Waals surface area (Å²) in [6.45, 7) is 1.60. The molecule has 98 valence electrons. The molecular formula is C6H18N2O6P2. The van der Waals surface area contributed by atoms with Crippen molar-refractivity contribution < 1.29 is 28.7 Å². The molecule has 0 fully saturated rings. The molecule has 0 bridgehead atoms. The van der Waals surface area contributed by atoms with E-state index in [4.69, 9.17) is 25.3 Å². The van der Waals surface area contributed by atoms with Gasteiger partial charge in [0.15, 0.2) is 0 Å². The first-order valence-corrected chi connectivity index (χ1v) is 7.99. The van der Waals surface area contributed by atoms with Crippen molar-refractivity contribution >= 4 is 15.2 Å². The number of hydrogen-bond acceptors (Lipinski definition) is 4. The Morgan fingerprint density at radius 1 is 1.19 bits per heavy atom. The van der Waals surface area contributed by atoms with E-state index < -0.39 is 26.6 Å². The van der Waals surface area contributed by atoms with Crippen LogP contribution in [0, 0.1) is 0 Å². The molecular weight excluding hydrogens is 258 g/mol. The fraction of sp³-hybridized carbons (Fsp3) is 1.00. The van der Waals surface area contributed by atoms with Crippen LogP contribution in [-0.2, 0) is 9.13 Å². The van der Waals surface area contributed by atoms with Crippen molar-refractivity contribution in [2.45, 2.75) is 24.8 Å². The molecule has 2 atom stereocenters. The van der Waals surface area contributed by atoms with Crippen LogP contribution in [0.1, 0.15) is 13.3 Å². The number of nitrogens with one attached hydrogen (secondary N) is 1.